The summed E-state index contributed by atoms with van der Waals surface area (Å²) in [5, 5.41) is 3.52. The normalized spacial score (nSPS) is 18.9. The van der Waals surface area contributed by atoms with Crippen LogP contribution in [0.2, 0.25) is 0 Å². The Labute approximate surface area is 141 Å². The summed E-state index contributed by atoms with van der Waals surface area (Å²) in [5.74, 6) is 0.974. The zero-order chi connectivity index (χ0) is 16.5. The van der Waals surface area contributed by atoms with Crippen molar-refractivity contribution in [2.24, 2.45) is 0 Å². The van der Waals surface area contributed by atoms with Gasteiger partial charge in [-0.1, -0.05) is 37.3 Å². The van der Waals surface area contributed by atoms with Gasteiger partial charge in [0.2, 0.25) is 0 Å². The van der Waals surface area contributed by atoms with E-state index in [1.54, 1.807) is 0 Å². The van der Waals surface area contributed by atoms with Crippen LogP contribution in [0, 0.1) is 0 Å². The molecule has 2 aromatic rings. The molecule has 1 N–H and O–H groups in total. The van der Waals surface area contributed by atoms with Gasteiger partial charge in [0.05, 0.1) is 5.56 Å². The van der Waals surface area contributed by atoms with Gasteiger partial charge in [0.15, 0.2) is 0 Å². The Morgan fingerprint density at radius 1 is 1.17 bits per heavy atom. The lowest BCUT2D eigenvalue weighted by molar-refractivity contribution is 0.0703. The van der Waals surface area contributed by atoms with Gasteiger partial charge in [0.1, 0.15) is 18.5 Å². The summed E-state index contributed by atoms with van der Waals surface area (Å²) < 4.78 is 5.89. The van der Waals surface area contributed by atoms with E-state index in [0.717, 1.165) is 34.6 Å². The lowest BCUT2D eigenvalue weighted by atomic mass is 10.0. The number of amides is 1. The molecule has 0 aromatic heterocycles. The van der Waals surface area contributed by atoms with Crippen molar-refractivity contribution in [3.05, 3.63) is 65.2 Å². The van der Waals surface area contributed by atoms with Crippen LogP contribution in [0.15, 0.2) is 54.1 Å². The Balaban J connectivity index is 1.74. The SMILES string of the molecule is CCCN1C(=O)c2ccccc2NC1C1=Cc2ccccc2OC1. The molecule has 1 amide bonds. The van der Waals surface area contributed by atoms with Gasteiger partial charge in [-0.2, -0.15) is 0 Å². The highest BCUT2D eigenvalue weighted by molar-refractivity contribution is 6.02. The Hall–Kier alpha value is -2.75. The van der Waals surface area contributed by atoms with Gasteiger partial charge >= 0.3 is 0 Å². The van der Waals surface area contributed by atoms with E-state index < -0.39 is 0 Å². The predicted molar refractivity (Wildman–Crippen MR) is 95.1 cm³/mol. The maximum absolute atomic E-state index is 12.9. The molecule has 2 aliphatic heterocycles. The standard InChI is InChI=1S/C20H20N2O2/c1-2-11-22-19(21-17-9-5-4-8-16(17)20(22)23)15-12-14-7-3-6-10-18(14)24-13-15/h3-10,12,19,21H,2,11,13H2,1H3. The Kier molecular flexibility index (Phi) is 3.73. The summed E-state index contributed by atoms with van der Waals surface area (Å²) in [6, 6.07) is 15.7. The summed E-state index contributed by atoms with van der Waals surface area (Å²) in [6.45, 7) is 3.29. The number of anilines is 1. The van der Waals surface area contributed by atoms with Gasteiger partial charge in [0, 0.05) is 23.4 Å². The average Bonchev–Trinajstić information content (AvgIpc) is 2.63. The Morgan fingerprint density at radius 3 is 2.83 bits per heavy atom. The topological polar surface area (TPSA) is 41.6 Å². The second-order valence-corrected chi connectivity index (χ2v) is 6.14. The smallest absolute Gasteiger partial charge is 0.257 e. The number of carbonyl (C=O) groups is 1. The second kappa shape index (κ2) is 6.04. The van der Waals surface area contributed by atoms with Crippen molar-refractivity contribution in [1.82, 2.24) is 4.90 Å². The third-order valence-corrected chi connectivity index (χ3v) is 4.49. The highest BCUT2D eigenvalue weighted by Crippen LogP contribution is 2.32. The van der Waals surface area contributed by atoms with Crippen molar-refractivity contribution in [3.63, 3.8) is 0 Å². The molecule has 0 spiro atoms. The molecule has 2 aromatic carbocycles. The fraction of sp³-hybridized carbons (Fsp3) is 0.250. The number of hydrogen-bond donors (Lipinski definition) is 1. The summed E-state index contributed by atoms with van der Waals surface area (Å²) >= 11 is 0. The number of fused-ring (bicyclic) bond motifs is 2. The summed E-state index contributed by atoms with van der Waals surface area (Å²) in [4.78, 5) is 14.8. The molecule has 0 aliphatic carbocycles. The third-order valence-electron chi connectivity index (χ3n) is 4.49. The van der Waals surface area contributed by atoms with E-state index in [4.69, 9.17) is 4.74 Å². The van der Waals surface area contributed by atoms with E-state index in [0.29, 0.717) is 13.2 Å². The van der Waals surface area contributed by atoms with Crippen LogP contribution in [-0.2, 0) is 0 Å². The summed E-state index contributed by atoms with van der Waals surface area (Å²) in [6.07, 6.45) is 2.89. The molecule has 0 saturated heterocycles. The molecule has 0 saturated carbocycles. The van der Waals surface area contributed by atoms with Crippen molar-refractivity contribution in [2.75, 3.05) is 18.5 Å². The molecule has 2 heterocycles. The summed E-state index contributed by atoms with van der Waals surface area (Å²) in [5.41, 5.74) is 3.76. The Bertz CT molecular complexity index is 813. The van der Waals surface area contributed by atoms with E-state index >= 15 is 0 Å². The summed E-state index contributed by atoms with van der Waals surface area (Å²) in [7, 11) is 0. The zero-order valence-electron chi connectivity index (χ0n) is 13.7. The van der Waals surface area contributed by atoms with E-state index in [1.165, 1.54) is 0 Å². The van der Waals surface area contributed by atoms with Gasteiger partial charge in [-0.05, 0) is 30.7 Å². The molecule has 0 radical (unpaired) electrons. The number of rotatable bonds is 3. The molecule has 4 heteroatoms. The molecule has 1 atom stereocenters. The molecule has 4 nitrogen and oxygen atoms in total. The molecule has 4 rings (SSSR count). The van der Waals surface area contributed by atoms with E-state index in [9.17, 15) is 4.79 Å². The van der Waals surface area contributed by atoms with Gasteiger partial charge in [0.25, 0.3) is 5.91 Å². The molecule has 1 unspecified atom stereocenters. The highest BCUT2D eigenvalue weighted by Gasteiger charge is 2.34. The van der Waals surface area contributed by atoms with Crippen LogP contribution in [0.5, 0.6) is 5.75 Å². The van der Waals surface area contributed by atoms with Crippen LogP contribution in [0.1, 0.15) is 29.3 Å². The highest BCUT2D eigenvalue weighted by atomic mass is 16.5. The lowest BCUT2D eigenvalue weighted by Gasteiger charge is -2.39. The lowest BCUT2D eigenvalue weighted by Crippen LogP contribution is -2.51. The molecule has 2 aliphatic rings. The number of carbonyl (C=O) groups excluding carboxylic acids is 1. The monoisotopic (exact) mass is 320 g/mol. The van der Waals surface area contributed by atoms with Crippen molar-refractivity contribution in [1.29, 1.82) is 0 Å². The molecule has 0 bridgehead atoms. The quantitative estimate of drug-likeness (QED) is 0.936. The van der Waals surface area contributed by atoms with Gasteiger partial charge < -0.3 is 15.0 Å². The first kappa shape index (κ1) is 14.8. The van der Waals surface area contributed by atoms with Gasteiger partial charge in [-0.3, -0.25) is 4.79 Å². The molecule has 122 valence electrons. The largest absolute Gasteiger partial charge is 0.488 e. The zero-order valence-corrected chi connectivity index (χ0v) is 13.7. The minimum atomic E-state index is -0.166. The van der Waals surface area contributed by atoms with Crippen molar-refractivity contribution < 1.29 is 9.53 Å². The van der Waals surface area contributed by atoms with E-state index in [-0.39, 0.29) is 12.1 Å². The Morgan fingerprint density at radius 2 is 1.96 bits per heavy atom. The third kappa shape index (κ3) is 2.44. The minimum absolute atomic E-state index is 0.0796. The van der Waals surface area contributed by atoms with Crippen molar-refractivity contribution in [2.45, 2.75) is 19.5 Å². The van der Waals surface area contributed by atoms with Crippen molar-refractivity contribution in [3.8, 4) is 5.75 Å². The number of nitrogens with zero attached hydrogens (tertiary/aromatic N) is 1. The number of ether oxygens (including phenoxy) is 1. The molecule has 24 heavy (non-hydrogen) atoms. The maximum atomic E-state index is 12.9. The number of hydrogen-bond acceptors (Lipinski definition) is 3. The van der Waals surface area contributed by atoms with Crippen LogP contribution >= 0.6 is 0 Å². The average molecular weight is 320 g/mol. The van der Waals surface area contributed by atoms with Crippen LogP contribution in [0.3, 0.4) is 0 Å². The minimum Gasteiger partial charge on any atom is -0.488 e. The number of para-hydroxylation sites is 2. The van der Waals surface area contributed by atoms with Crippen LogP contribution in [-0.4, -0.2) is 30.1 Å². The van der Waals surface area contributed by atoms with Gasteiger partial charge in [-0.25, -0.2) is 0 Å². The maximum Gasteiger partial charge on any atom is 0.257 e. The van der Waals surface area contributed by atoms with Gasteiger partial charge in [-0.15, -0.1) is 0 Å². The van der Waals surface area contributed by atoms with E-state index in [1.807, 2.05) is 53.4 Å². The molecular formula is C20H20N2O2. The molecular weight excluding hydrogens is 300 g/mol. The fourth-order valence-corrected chi connectivity index (χ4v) is 3.35. The van der Waals surface area contributed by atoms with Crippen LogP contribution in [0.25, 0.3) is 6.08 Å². The number of benzene rings is 2. The van der Waals surface area contributed by atoms with Crippen LogP contribution < -0.4 is 10.1 Å². The van der Waals surface area contributed by atoms with Crippen LogP contribution in [0.4, 0.5) is 5.69 Å². The fourth-order valence-electron chi connectivity index (χ4n) is 3.35. The predicted octanol–water partition coefficient (Wildman–Crippen LogP) is 3.77. The number of nitrogens with one attached hydrogen (secondary N) is 1. The first-order valence-electron chi connectivity index (χ1n) is 8.37. The first-order valence-corrected chi connectivity index (χ1v) is 8.37. The molecule has 0 fully saturated rings. The second-order valence-electron chi connectivity index (χ2n) is 6.14. The first-order chi connectivity index (χ1) is 11.8. The van der Waals surface area contributed by atoms with E-state index in [2.05, 4.69) is 18.3 Å². The van der Waals surface area contributed by atoms with Crippen molar-refractivity contribution >= 4 is 17.7 Å².